The molecule has 0 fully saturated rings. The Morgan fingerprint density at radius 3 is 2.76 bits per heavy atom. The van der Waals surface area contributed by atoms with Gasteiger partial charge < -0.3 is 11.5 Å². The number of nitrogens with zero attached hydrogens (tertiary/aromatic N) is 3. The third kappa shape index (κ3) is 2.27. The molecule has 1 aromatic heterocycles. The number of benzene rings is 1. The Hall–Kier alpha value is -2.31. The van der Waals surface area contributed by atoms with Crippen LogP contribution in [0.15, 0.2) is 23.2 Å². The molecule has 0 unspecified atom stereocenters. The van der Waals surface area contributed by atoms with Gasteiger partial charge in [-0.2, -0.15) is 10.3 Å². The molecular formula is C10H11BN6. The summed E-state index contributed by atoms with van der Waals surface area (Å²) in [5.41, 5.74) is 14.0. The van der Waals surface area contributed by atoms with Crippen molar-refractivity contribution in [2.75, 3.05) is 5.73 Å². The first-order valence-electron chi connectivity index (χ1n) is 4.95. The first kappa shape index (κ1) is 11.2. The molecule has 0 aliphatic carbocycles. The zero-order valence-corrected chi connectivity index (χ0v) is 9.31. The second-order valence-electron chi connectivity index (χ2n) is 3.60. The van der Waals surface area contributed by atoms with Crippen LogP contribution in [0.5, 0.6) is 0 Å². The number of aryl methyl sites for hydroxylation is 1. The molecule has 0 spiro atoms. The zero-order chi connectivity index (χ0) is 12.4. The van der Waals surface area contributed by atoms with Crippen LogP contribution in [0.2, 0.25) is 0 Å². The van der Waals surface area contributed by atoms with Gasteiger partial charge in [0.05, 0.1) is 5.69 Å². The van der Waals surface area contributed by atoms with Gasteiger partial charge in [-0.15, -0.1) is 5.10 Å². The SMILES string of the molecule is [B]c1cc(N=C(N)c2n[nH]nc2N)ccc1C. The summed E-state index contributed by atoms with van der Waals surface area (Å²) in [6, 6.07) is 5.42. The van der Waals surface area contributed by atoms with Crippen LogP contribution in [0, 0.1) is 6.92 Å². The van der Waals surface area contributed by atoms with E-state index in [9.17, 15) is 0 Å². The minimum absolute atomic E-state index is 0.194. The number of aromatic amines is 1. The summed E-state index contributed by atoms with van der Waals surface area (Å²) in [5, 5.41) is 9.85. The van der Waals surface area contributed by atoms with E-state index in [1.165, 1.54) is 0 Å². The summed E-state index contributed by atoms with van der Waals surface area (Å²) >= 11 is 0. The van der Waals surface area contributed by atoms with Gasteiger partial charge in [0.25, 0.3) is 0 Å². The lowest BCUT2D eigenvalue weighted by Gasteiger charge is -2.02. The maximum Gasteiger partial charge on any atom is 0.177 e. The molecule has 0 aliphatic heterocycles. The second kappa shape index (κ2) is 4.29. The van der Waals surface area contributed by atoms with Crippen LogP contribution in [0.25, 0.3) is 0 Å². The van der Waals surface area contributed by atoms with Gasteiger partial charge in [0.1, 0.15) is 7.85 Å². The van der Waals surface area contributed by atoms with E-state index in [-0.39, 0.29) is 11.7 Å². The maximum atomic E-state index is 5.78. The van der Waals surface area contributed by atoms with Crippen LogP contribution in [-0.4, -0.2) is 29.1 Å². The summed E-state index contributed by atoms with van der Waals surface area (Å²) in [4.78, 5) is 4.18. The van der Waals surface area contributed by atoms with Gasteiger partial charge >= 0.3 is 0 Å². The highest BCUT2D eigenvalue weighted by molar-refractivity contribution is 6.33. The molecule has 2 rings (SSSR count). The number of hydrogen-bond acceptors (Lipinski definition) is 4. The summed E-state index contributed by atoms with van der Waals surface area (Å²) < 4.78 is 0. The Bertz CT molecular complexity index is 574. The van der Waals surface area contributed by atoms with E-state index in [2.05, 4.69) is 20.4 Å². The van der Waals surface area contributed by atoms with Gasteiger partial charge in [0.15, 0.2) is 17.3 Å². The van der Waals surface area contributed by atoms with E-state index in [0.29, 0.717) is 16.8 Å². The number of nitrogens with two attached hydrogens (primary N) is 2. The molecule has 84 valence electrons. The van der Waals surface area contributed by atoms with Crippen molar-refractivity contribution in [3.63, 3.8) is 0 Å². The van der Waals surface area contributed by atoms with Crippen LogP contribution >= 0.6 is 0 Å². The van der Waals surface area contributed by atoms with Crippen molar-refractivity contribution >= 4 is 30.6 Å². The standard InChI is InChI=1S/C10H11BN6/c1-5-2-3-6(4-7(5)11)14-9(12)8-10(13)16-17-15-8/h2-4H,1H3,(H2,12,14)(H3,13,15,16,17). The van der Waals surface area contributed by atoms with E-state index in [4.69, 9.17) is 19.3 Å². The molecule has 2 radical (unpaired) electrons. The molecule has 17 heavy (non-hydrogen) atoms. The molecule has 0 bridgehead atoms. The summed E-state index contributed by atoms with van der Waals surface area (Å²) in [5.74, 6) is 0.408. The zero-order valence-electron chi connectivity index (χ0n) is 9.31. The van der Waals surface area contributed by atoms with Crippen molar-refractivity contribution in [2.45, 2.75) is 6.92 Å². The fraction of sp³-hybridized carbons (Fsp3) is 0.100. The quantitative estimate of drug-likeness (QED) is 0.365. The monoisotopic (exact) mass is 226 g/mol. The molecule has 0 atom stereocenters. The molecule has 0 saturated carbocycles. The van der Waals surface area contributed by atoms with Crippen molar-refractivity contribution in [3.8, 4) is 0 Å². The largest absolute Gasteiger partial charge is 0.382 e. The van der Waals surface area contributed by atoms with Crippen LogP contribution in [0.1, 0.15) is 11.3 Å². The smallest absolute Gasteiger partial charge is 0.177 e. The Kier molecular flexibility index (Phi) is 2.82. The summed E-state index contributed by atoms with van der Waals surface area (Å²) in [6.45, 7) is 1.92. The first-order chi connectivity index (χ1) is 8.08. The molecule has 0 saturated heterocycles. The normalized spacial score (nSPS) is 11.7. The molecule has 0 amide bonds. The third-order valence-corrected chi connectivity index (χ3v) is 2.33. The topological polar surface area (TPSA) is 106 Å². The Morgan fingerprint density at radius 2 is 2.18 bits per heavy atom. The van der Waals surface area contributed by atoms with E-state index in [1.54, 1.807) is 6.07 Å². The number of nitrogen functional groups attached to an aromatic ring is 1. The van der Waals surface area contributed by atoms with E-state index >= 15 is 0 Å². The van der Waals surface area contributed by atoms with Crippen molar-refractivity contribution in [3.05, 3.63) is 29.5 Å². The average Bonchev–Trinajstić information content (AvgIpc) is 2.70. The Morgan fingerprint density at radius 1 is 1.41 bits per heavy atom. The number of nitrogens with one attached hydrogen (secondary N) is 1. The van der Waals surface area contributed by atoms with E-state index in [0.717, 1.165) is 5.56 Å². The number of H-pyrrole nitrogens is 1. The fourth-order valence-corrected chi connectivity index (χ4v) is 1.32. The minimum Gasteiger partial charge on any atom is -0.382 e. The lowest BCUT2D eigenvalue weighted by atomic mass is 9.91. The van der Waals surface area contributed by atoms with E-state index < -0.39 is 0 Å². The number of hydrogen-bond donors (Lipinski definition) is 3. The molecule has 2 aromatic rings. The number of amidine groups is 1. The predicted octanol–water partition coefficient (Wildman–Crippen LogP) is -0.474. The molecule has 1 heterocycles. The van der Waals surface area contributed by atoms with Crippen LogP contribution < -0.4 is 16.9 Å². The van der Waals surface area contributed by atoms with Crippen molar-refractivity contribution in [2.24, 2.45) is 10.7 Å². The second-order valence-corrected chi connectivity index (χ2v) is 3.60. The number of aromatic nitrogens is 3. The summed E-state index contributed by atoms with van der Waals surface area (Å²) in [6.07, 6.45) is 0. The van der Waals surface area contributed by atoms with Gasteiger partial charge in [-0.1, -0.05) is 17.1 Å². The van der Waals surface area contributed by atoms with Gasteiger partial charge in [-0.05, 0) is 19.1 Å². The number of anilines is 1. The summed E-state index contributed by atoms with van der Waals surface area (Å²) in [7, 11) is 5.78. The van der Waals surface area contributed by atoms with Crippen LogP contribution in [-0.2, 0) is 0 Å². The number of aliphatic imine (C=N–C) groups is 1. The van der Waals surface area contributed by atoms with Crippen LogP contribution in [0.3, 0.4) is 0 Å². The molecule has 7 heteroatoms. The predicted molar refractivity (Wildman–Crippen MR) is 67.7 cm³/mol. The third-order valence-electron chi connectivity index (χ3n) is 2.33. The highest BCUT2D eigenvalue weighted by atomic mass is 15.4. The lowest BCUT2D eigenvalue weighted by Crippen LogP contribution is -2.15. The molecule has 0 aliphatic rings. The van der Waals surface area contributed by atoms with Gasteiger partial charge in [0.2, 0.25) is 0 Å². The first-order valence-corrected chi connectivity index (χ1v) is 4.95. The molecule has 5 N–H and O–H groups in total. The van der Waals surface area contributed by atoms with Gasteiger partial charge in [-0.25, -0.2) is 4.99 Å². The lowest BCUT2D eigenvalue weighted by molar-refractivity contribution is 0.939. The fourth-order valence-electron chi connectivity index (χ4n) is 1.32. The highest BCUT2D eigenvalue weighted by Gasteiger charge is 2.08. The Balaban J connectivity index is 2.36. The van der Waals surface area contributed by atoms with E-state index in [1.807, 2.05) is 19.1 Å². The average molecular weight is 226 g/mol. The van der Waals surface area contributed by atoms with Gasteiger partial charge in [0, 0.05) is 0 Å². The van der Waals surface area contributed by atoms with Crippen molar-refractivity contribution < 1.29 is 0 Å². The molecule has 1 aromatic carbocycles. The maximum absolute atomic E-state index is 5.78. The van der Waals surface area contributed by atoms with Crippen LogP contribution in [0.4, 0.5) is 11.5 Å². The van der Waals surface area contributed by atoms with Crippen molar-refractivity contribution in [1.29, 1.82) is 0 Å². The molecular weight excluding hydrogens is 215 g/mol. The van der Waals surface area contributed by atoms with Crippen molar-refractivity contribution in [1.82, 2.24) is 15.4 Å². The van der Waals surface area contributed by atoms with Gasteiger partial charge in [-0.3, -0.25) is 0 Å². The minimum atomic E-state index is 0.194. The molecule has 6 nitrogen and oxygen atoms in total. The number of rotatable bonds is 2. The highest BCUT2D eigenvalue weighted by Crippen LogP contribution is 2.12. The Labute approximate surface area is 99.5 Å².